The van der Waals surface area contributed by atoms with Crippen LogP contribution in [0.4, 0.5) is 0 Å². The minimum Gasteiger partial charge on any atom is -0.345 e. The first kappa shape index (κ1) is 19.4. The monoisotopic (exact) mass is 399 g/mol. The van der Waals surface area contributed by atoms with Crippen LogP contribution in [0.5, 0.6) is 0 Å². The Morgan fingerprint density at radius 3 is 2.67 bits per heavy atom. The Kier molecular flexibility index (Phi) is 5.82. The van der Waals surface area contributed by atoms with E-state index in [-0.39, 0.29) is 17.1 Å². The van der Waals surface area contributed by atoms with Crippen molar-refractivity contribution in [3.8, 4) is 0 Å². The van der Waals surface area contributed by atoms with Crippen LogP contribution in [0.1, 0.15) is 21.7 Å². The molecule has 0 N–H and O–H groups in total. The van der Waals surface area contributed by atoms with Crippen molar-refractivity contribution in [1.29, 1.82) is 0 Å². The first-order chi connectivity index (χ1) is 13.0. The van der Waals surface area contributed by atoms with Crippen molar-refractivity contribution in [2.24, 2.45) is 0 Å². The summed E-state index contributed by atoms with van der Waals surface area (Å²) >= 11 is 2.72. The molecule has 0 fully saturated rings. The van der Waals surface area contributed by atoms with Crippen molar-refractivity contribution in [3.63, 3.8) is 0 Å². The Hall–Kier alpha value is -2.38. The summed E-state index contributed by atoms with van der Waals surface area (Å²) in [5, 5.41) is 3.00. The molecule has 0 saturated heterocycles. The normalized spacial score (nSPS) is 11.0. The van der Waals surface area contributed by atoms with Crippen LogP contribution in [0.2, 0.25) is 0 Å². The van der Waals surface area contributed by atoms with Crippen LogP contribution >= 0.6 is 23.1 Å². The zero-order valence-electron chi connectivity index (χ0n) is 15.4. The number of aromatic nitrogens is 3. The van der Waals surface area contributed by atoms with Crippen molar-refractivity contribution < 1.29 is 4.79 Å². The maximum atomic E-state index is 12.8. The van der Waals surface area contributed by atoms with Gasteiger partial charge in [-0.15, -0.1) is 24.5 Å². The number of thioether (sulfide) groups is 1. The van der Waals surface area contributed by atoms with Gasteiger partial charge in [-0.25, -0.2) is 4.98 Å². The molecule has 3 aromatic heterocycles. The van der Waals surface area contributed by atoms with Crippen molar-refractivity contribution in [1.82, 2.24) is 14.1 Å². The number of carbonyl (C=O) groups is 1. The summed E-state index contributed by atoms with van der Waals surface area (Å²) < 4.78 is 3.63. The molecule has 0 aromatic carbocycles. The molecule has 27 heavy (non-hydrogen) atoms. The summed E-state index contributed by atoms with van der Waals surface area (Å²) in [7, 11) is 0. The van der Waals surface area contributed by atoms with Gasteiger partial charge in [0.15, 0.2) is 10.9 Å². The molecular weight excluding hydrogens is 378 g/mol. The molecule has 0 atom stereocenters. The van der Waals surface area contributed by atoms with Gasteiger partial charge >= 0.3 is 0 Å². The topological polar surface area (TPSA) is 56.9 Å². The average Bonchev–Trinajstić information content (AvgIpc) is 3.22. The van der Waals surface area contributed by atoms with Gasteiger partial charge in [0, 0.05) is 30.0 Å². The maximum absolute atomic E-state index is 12.8. The number of aryl methyl sites for hydroxylation is 1. The van der Waals surface area contributed by atoms with Gasteiger partial charge in [-0.3, -0.25) is 14.2 Å². The molecule has 0 bridgehead atoms. The third-order valence-corrected chi connectivity index (χ3v) is 6.16. The number of hydrogen-bond acceptors (Lipinski definition) is 5. The summed E-state index contributed by atoms with van der Waals surface area (Å²) in [6.45, 7) is 12.4. The van der Waals surface area contributed by atoms with Crippen molar-refractivity contribution in [3.05, 3.63) is 70.1 Å². The Labute approximate surface area is 166 Å². The van der Waals surface area contributed by atoms with Gasteiger partial charge in [0.2, 0.25) is 0 Å². The van der Waals surface area contributed by atoms with E-state index in [1.165, 1.54) is 23.1 Å². The zero-order chi connectivity index (χ0) is 19.6. The van der Waals surface area contributed by atoms with Gasteiger partial charge in [-0.05, 0) is 31.4 Å². The van der Waals surface area contributed by atoms with Gasteiger partial charge < -0.3 is 4.57 Å². The van der Waals surface area contributed by atoms with Gasteiger partial charge in [0.05, 0.1) is 11.1 Å². The average molecular weight is 400 g/mol. The lowest BCUT2D eigenvalue weighted by molar-refractivity contribution is 0.102. The standard InChI is InChI=1S/C20H21N3O2S2/c1-5-8-22-13(3)11-16(14(22)4)17(24)12-27-20-21-18-15(7-10-26-18)19(25)23(20)9-6-2/h5-7,10-11H,1-2,8-9,12H2,3-4H3. The number of Topliss-reactive ketones (excluding diaryl/α,β-unsaturated/α-hetero) is 1. The summed E-state index contributed by atoms with van der Waals surface area (Å²) in [4.78, 5) is 30.7. The van der Waals surface area contributed by atoms with E-state index in [0.717, 1.165) is 11.4 Å². The molecule has 7 heteroatoms. The molecule has 0 radical (unpaired) electrons. The van der Waals surface area contributed by atoms with Crippen LogP contribution in [0.25, 0.3) is 10.2 Å². The Bertz CT molecular complexity index is 1090. The third-order valence-electron chi connectivity index (χ3n) is 4.38. The largest absolute Gasteiger partial charge is 0.345 e. The van der Waals surface area contributed by atoms with Crippen molar-refractivity contribution in [2.75, 3.05) is 5.75 Å². The molecular formula is C20H21N3O2S2. The highest BCUT2D eigenvalue weighted by atomic mass is 32.2. The number of allylic oxidation sites excluding steroid dienone is 2. The fourth-order valence-corrected chi connectivity index (χ4v) is 4.73. The lowest BCUT2D eigenvalue weighted by Gasteiger charge is -2.10. The van der Waals surface area contributed by atoms with Crippen molar-refractivity contribution in [2.45, 2.75) is 32.1 Å². The minimum absolute atomic E-state index is 0.0223. The molecule has 0 amide bonds. The van der Waals surface area contributed by atoms with Crippen LogP contribution in [-0.4, -0.2) is 25.7 Å². The lowest BCUT2D eigenvalue weighted by Crippen LogP contribution is -2.22. The Morgan fingerprint density at radius 1 is 1.26 bits per heavy atom. The van der Waals surface area contributed by atoms with Gasteiger partial charge in [-0.2, -0.15) is 0 Å². The molecule has 3 rings (SSSR count). The maximum Gasteiger partial charge on any atom is 0.263 e. The van der Waals surface area contributed by atoms with E-state index in [1.54, 1.807) is 16.7 Å². The van der Waals surface area contributed by atoms with E-state index in [9.17, 15) is 9.59 Å². The number of hydrogen-bond donors (Lipinski definition) is 0. The summed E-state index contributed by atoms with van der Waals surface area (Å²) in [5.41, 5.74) is 2.57. The quantitative estimate of drug-likeness (QED) is 0.246. The Balaban J connectivity index is 1.88. The van der Waals surface area contributed by atoms with E-state index in [4.69, 9.17) is 0 Å². The minimum atomic E-state index is -0.0970. The molecule has 5 nitrogen and oxygen atoms in total. The van der Waals surface area contributed by atoms with Crippen LogP contribution < -0.4 is 5.56 Å². The second kappa shape index (κ2) is 8.10. The number of fused-ring (bicyclic) bond motifs is 1. The fraction of sp³-hybridized carbons (Fsp3) is 0.250. The first-order valence-electron chi connectivity index (χ1n) is 8.50. The second-order valence-corrected chi connectivity index (χ2v) is 7.97. The predicted molar refractivity (Wildman–Crippen MR) is 113 cm³/mol. The lowest BCUT2D eigenvalue weighted by atomic mass is 10.2. The molecule has 0 aliphatic heterocycles. The van der Waals surface area contributed by atoms with Crippen LogP contribution in [0.15, 0.2) is 52.8 Å². The zero-order valence-corrected chi connectivity index (χ0v) is 17.0. The second-order valence-electron chi connectivity index (χ2n) is 6.13. The van der Waals surface area contributed by atoms with Crippen LogP contribution in [0, 0.1) is 13.8 Å². The highest BCUT2D eigenvalue weighted by molar-refractivity contribution is 7.99. The smallest absolute Gasteiger partial charge is 0.263 e. The molecule has 0 aliphatic carbocycles. The molecule has 3 heterocycles. The first-order valence-corrected chi connectivity index (χ1v) is 10.4. The summed E-state index contributed by atoms with van der Waals surface area (Å²) in [5.74, 6) is 0.243. The van der Waals surface area contributed by atoms with Gasteiger partial charge in [-0.1, -0.05) is 23.9 Å². The van der Waals surface area contributed by atoms with E-state index < -0.39 is 0 Å². The SMILES string of the molecule is C=CCn1c(C)cc(C(=O)CSc2nc3sccc3c(=O)n2CC=C)c1C. The van der Waals surface area contributed by atoms with E-state index in [2.05, 4.69) is 22.7 Å². The number of rotatable bonds is 8. The number of nitrogens with zero attached hydrogens (tertiary/aromatic N) is 3. The number of carbonyl (C=O) groups excluding carboxylic acids is 1. The molecule has 3 aromatic rings. The highest BCUT2D eigenvalue weighted by Gasteiger charge is 2.18. The third kappa shape index (κ3) is 3.70. The molecule has 0 spiro atoms. The summed E-state index contributed by atoms with van der Waals surface area (Å²) in [6.07, 6.45) is 3.48. The molecule has 0 saturated carbocycles. The molecule has 0 aliphatic rings. The number of ketones is 1. The van der Waals surface area contributed by atoms with Crippen molar-refractivity contribution >= 4 is 39.1 Å². The van der Waals surface area contributed by atoms with Crippen LogP contribution in [0.3, 0.4) is 0 Å². The highest BCUT2D eigenvalue weighted by Crippen LogP contribution is 2.23. The van der Waals surface area contributed by atoms with Gasteiger partial charge in [0.1, 0.15) is 4.83 Å². The van der Waals surface area contributed by atoms with E-state index in [1.807, 2.05) is 31.4 Å². The molecule has 0 unspecified atom stereocenters. The predicted octanol–water partition coefficient (Wildman–Crippen LogP) is 4.22. The van der Waals surface area contributed by atoms with Gasteiger partial charge in [0.25, 0.3) is 5.56 Å². The molecule has 140 valence electrons. The van der Waals surface area contributed by atoms with E-state index in [0.29, 0.717) is 34.0 Å². The van der Waals surface area contributed by atoms with E-state index >= 15 is 0 Å². The van der Waals surface area contributed by atoms with Crippen LogP contribution in [-0.2, 0) is 13.1 Å². The summed E-state index contributed by atoms with van der Waals surface area (Å²) in [6, 6.07) is 3.69. The number of thiophene rings is 1. The fourth-order valence-electron chi connectivity index (χ4n) is 3.03. The Morgan fingerprint density at radius 2 is 1.96 bits per heavy atom.